The zero-order valence-corrected chi connectivity index (χ0v) is 45.5. The fourth-order valence-corrected chi connectivity index (χ4v) is 9.18. The molecule has 0 aliphatic rings. The van der Waals surface area contributed by atoms with Gasteiger partial charge in [-0.2, -0.15) is 0 Å². The molecule has 0 aliphatic heterocycles. The minimum atomic E-state index is -0.764. The molecule has 0 heterocycles. The van der Waals surface area contributed by atoms with E-state index in [1.54, 1.807) is 0 Å². The largest absolute Gasteiger partial charge is 0.462 e. The van der Waals surface area contributed by atoms with Crippen LogP contribution in [0, 0.1) is 17.8 Å². The van der Waals surface area contributed by atoms with Crippen molar-refractivity contribution >= 4 is 17.9 Å². The first-order chi connectivity index (χ1) is 32.1. The summed E-state index contributed by atoms with van der Waals surface area (Å²) in [6, 6.07) is 0. The van der Waals surface area contributed by atoms with Crippen LogP contribution >= 0.6 is 0 Å². The highest BCUT2D eigenvalue weighted by molar-refractivity contribution is 5.71. The third kappa shape index (κ3) is 53.4. The third-order valence-electron chi connectivity index (χ3n) is 13.6. The molecule has 0 aromatic rings. The fraction of sp³-hybridized carbons (Fsp3) is 0.950. The third-order valence-corrected chi connectivity index (χ3v) is 13.6. The van der Waals surface area contributed by atoms with Gasteiger partial charge in [0.25, 0.3) is 0 Å². The molecule has 6 nitrogen and oxygen atoms in total. The maximum Gasteiger partial charge on any atom is 0.306 e. The summed E-state index contributed by atoms with van der Waals surface area (Å²) >= 11 is 0. The molecule has 0 unspecified atom stereocenters. The average Bonchev–Trinajstić information content (AvgIpc) is 3.28. The number of carbonyl (C=O) groups is 3. The van der Waals surface area contributed by atoms with Gasteiger partial charge in [-0.15, -0.1) is 0 Å². The summed E-state index contributed by atoms with van der Waals surface area (Å²) in [6.45, 7) is 13.7. The number of hydrogen-bond donors (Lipinski definition) is 0. The van der Waals surface area contributed by atoms with E-state index < -0.39 is 6.10 Å². The van der Waals surface area contributed by atoms with Crippen molar-refractivity contribution in [3.63, 3.8) is 0 Å². The van der Waals surface area contributed by atoms with Gasteiger partial charge in [0, 0.05) is 19.3 Å². The molecule has 66 heavy (non-hydrogen) atoms. The molecule has 1 atom stereocenters. The van der Waals surface area contributed by atoms with Gasteiger partial charge < -0.3 is 14.2 Å². The van der Waals surface area contributed by atoms with Crippen molar-refractivity contribution in [2.24, 2.45) is 17.8 Å². The minimum absolute atomic E-state index is 0.0641. The van der Waals surface area contributed by atoms with Crippen molar-refractivity contribution in [3.05, 3.63) is 0 Å². The topological polar surface area (TPSA) is 78.9 Å². The van der Waals surface area contributed by atoms with E-state index >= 15 is 0 Å². The van der Waals surface area contributed by atoms with Crippen molar-refractivity contribution in [3.8, 4) is 0 Å². The number of ether oxygens (including phenoxy) is 3. The van der Waals surface area contributed by atoms with Crippen LogP contribution in [0.1, 0.15) is 330 Å². The standard InChI is InChI=1S/C60H116O6/c1-54(2)46-40-34-28-23-19-15-11-9-7-8-10-12-17-21-25-31-37-43-49-58(61)64-52-57(66-60(63)51-45-39-33-27-30-36-42-48-56(5)6)53-65-59(62)50-44-38-32-26-22-18-14-13-16-20-24-29-35-41-47-55(3)4/h54-57H,7-53H2,1-6H3/t57-/m0/s1. The van der Waals surface area contributed by atoms with Crippen LogP contribution in [0.25, 0.3) is 0 Å². The molecule has 0 aromatic carbocycles. The maximum atomic E-state index is 12.8. The van der Waals surface area contributed by atoms with Crippen LogP contribution in [0.2, 0.25) is 0 Å². The second-order valence-corrected chi connectivity index (χ2v) is 22.1. The lowest BCUT2D eigenvalue weighted by Crippen LogP contribution is -2.30. The van der Waals surface area contributed by atoms with Crippen LogP contribution in [0.3, 0.4) is 0 Å². The van der Waals surface area contributed by atoms with E-state index in [0.29, 0.717) is 19.3 Å². The van der Waals surface area contributed by atoms with Crippen LogP contribution in [-0.2, 0) is 28.6 Å². The second-order valence-electron chi connectivity index (χ2n) is 22.1. The highest BCUT2D eigenvalue weighted by Gasteiger charge is 2.19. The van der Waals surface area contributed by atoms with E-state index in [4.69, 9.17) is 14.2 Å². The van der Waals surface area contributed by atoms with Gasteiger partial charge in [0.1, 0.15) is 13.2 Å². The Balaban J connectivity index is 4.19. The summed E-state index contributed by atoms with van der Waals surface area (Å²) in [6.07, 6.45) is 54.0. The molecular weight excluding hydrogens is 817 g/mol. The van der Waals surface area contributed by atoms with Gasteiger partial charge in [-0.05, 0) is 37.0 Å². The van der Waals surface area contributed by atoms with Crippen molar-refractivity contribution in [1.82, 2.24) is 0 Å². The lowest BCUT2D eigenvalue weighted by Gasteiger charge is -2.18. The molecular formula is C60H116O6. The van der Waals surface area contributed by atoms with Gasteiger partial charge in [0.05, 0.1) is 0 Å². The molecule has 0 aliphatic carbocycles. The van der Waals surface area contributed by atoms with E-state index in [1.807, 2.05) is 0 Å². The predicted molar refractivity (Wildman–Crippen MR) is 284 cm³/mol. The van der Waals surface area contributed by atoms with Gasteiger partial charge >= 0.3 is 17.9 Å². The Morgan fingerprint density at radius 1 is 0.258 bits per heavy atom. The quantitative estimate of drug-likeness (QED) is 0.0343. The molecule has 0 spiro atoms. The first kappa shape index (κ1) is 64.4. The Morgan fingerprint density at radius 2 is 0.439 bits per heavy atom. The Bertz CT molecular complexity index is 1020. The molecule has 0 N–H and O–H groups in total. The van der Waals surface area contributed by atoms with Crippen LogP contribution in [0.4, 0.5) is 0 Å². The van der Waals surface area contributed by atoms with Crippen LogP contribution in [-0.4, -0.2) is 37.2 Å². The second kappa shape index (κ2) is 51.3. The van der Waals surface area contributed by atoms with Crippen LogP contribution < -0.4 is 0 Å². The maximum absolute atomic E-state index is 12.8. The molecule has 0 amide bonds. The molecule has 0 saturated carbocycles. The van der Waals surface area contributed by atoms with Gasteiger partial charge in [-0.3, -0.25) is 14.4 Å². The van der Waals surface area contributed by atoms with Crippen molar-refractivity contribution in [2.45, 2.75) is 337 Å². The van der Waals surface area contributed by atoms with Gasteiger partial charge in [0.15, 0.2) is 6.10 Å². The zero-order valence-electron chi connectivity index (χ0n) is 45.5. The summed E-state index contributed by atoms with van der Waals surface area (Å²) in [5.74, 6) is 1.64. The lowest BCUT2D eigenvalue weighted by atomic mass is 10.0. The summed E-state index contributed by atoms with van der Waals surface area (Å²) < 4.78 is 16.9. The molecule has 0 fully saturated rings. The van der Waals surface area contributed by atoms with E-state index in [-0.39, 0.29) is 31.1 Å². The average molecular weight is 934 g/mol. The molecule has 0 saturated heterocycles. The first-order valence-electron chi connectivity index (χ1n) is 29.6. The van der Waals surface area contributed by atoms with Gasteiger partial charge in [0.2, 0.25) is 0 Å². The molecule has 6 heteroatoms. The molecule has 0 aromatic heterocycles. The summed E-state index contributed by atoms with van der Waals surface area (Å²) in [4.78, 5) is 38.1. The Morgan fingerprint density at radius 3 is 0.652 bits per heavy atom. The highest BCUT2D eigenvalue weighted by atomic mass is 16.6. The minimum Gasteiger partial charge on any atom is -0.462 e. The molecule has 0 rings (SSSR count). The van der Waals surface area contributed by atoms with Gasteiger partial charge in [-0.1, -0.05) is 292 Å². The van der Waals surface area contributed by atoms with E-state index in [0.717, 1.165) is 75.5 Å². The summed E-state index contributed by atoms with van der Waals surface area (Å²) in [5.41, 5.74) is 0. The summed E-state index contributed by atoms with van der Waals surface area (Å²) in [5, 5.41) is 0. The monoisotopic (exact) mass is 933 g/mol. The van der Waals surface area contributed by atoms with Crippen LogP contribution in [0.5, 0.6) is 0 Å². The van der Waals surface area contributed by atoms with Crippen molar-refractivity contribution < 1.29 is 28.6 Å². The fourth-order valence-electron chi connectivity index (χ4n) is 9.18. The number of esters is 3. The first-order valence-corrected chi connectivity index (χ1v) is 29.6. The Labute approximate surface area is 412 Å². The predicted octanol–water partition coefficient (Wildman–Crippen LogP) is 19.5. The number of carbonyl (C=O) groups excluding carboxylic acids is 3. The number of unbranched alkanes of at least 4 members (excludes halogenated alkanes) is 36. The van der Waals surface area contributed by atoms with Gasteiger partial charge in [-0.25, -0.2) is 0 Å². The molecule has 0 bridgehead atoms. The van der Waals surface area contributed by atoms with Crippen molar-refractivity contribution in [1.29, 1.82) is 0 Å². The molecule has 392 valence electrons. The summed E-state index contributed by atoms with van der Waals surface area (Å²) in [7, 11) is 0. The Hall–Kier alpha value is -1.59. The smallest absolute Gasteiger partial charge is 0.306 e. The normalized spacial score (nSPS) is 12.1. The zero-order chi connectivity index (χ0) is 48.4. The number of hydrogen-bond acceptors (Lipinski definition) is 6. The van der Waals surface area contributed by atoms with Crippen LogP contribution in [0.15, 0.2) is 0 Å². The number of rotatable bonds is 53. The van der Waals surface area contributed by atoms with E-state index in [1.165, 1.54) is 212 Å². The Kier molecular flexibility index (Phi) is 50.0. The van der Waals surface area contributed by atoms with Crippen molar-refractivity contribution in [2.75, 3.05) is 13.2 Å². The highest BCUT2D eigenvalue weighted by Crippen LogP contribution is 2.19. The van der Waals surface area contributed by atoms with E-state index in [2.05, 4.69) is 41.5 Å². The lowest BCUT2D eigenvalue weighted by molar-refractivity contribution is -0.167. The van der Waals surface area contributed by atoms with E-state index in [9.17, 15) is 14.4 Å². The molecule has 0 radical (unpaired) electrons. The SMILES string of the molecule is CC(C)CCCCCCCCCCCCCCCCCCCCC(=O)OC[C@@H](COC(=O)CCCCCCCCCCCCCCCCC(C)C)OC(=O)CCCCCCCCCC(C)C.